The molecule has 2 unspecified atom stereocenters. The molecule has 7 aromatic carbocycles. The zero-order chi connectivity index (χ0) is 37.0. The van der Waals surface area contributed by atoms with E-state index in [2.05, 4.69) is 150 Å². The Balaban J connectivity index is 1.16. The summed E-state index contributed by atoms with van der Waals surface area (Å²) in [5.74, 6) is 2.64. The summed E-state index contributed by atoms with van der Waals surface area (Å²) in [6.07, 6.45) is 6.80. The van der Waals surface area contributed by atoms with Crippen molar-refractivity contribution in [2.75, 3.05) is 0 Å². The monoisotopic (exact) mass is 720 g/mol. The number of aromatic nitrogens is 4. The summed E-state index contributed by atoms with van der Waals surface area (Å²) in [7, 11) is 0. The lowest BCUT2D eigenvalue weighted by atomic mass is 9.79. The molecule has 0 saturated carbocycles. The van der Waals surface area contributed by atoms with Crippen LogP contribution in [0.25, 0.3) is 83.6 Å². The molecule has 0 amide bonds. The van der Waals surface area contributed by atoms with E-state index < -0.39 is 0 Å². The van der Waals surface area contributed by atoms with E-state index in [4.69, 9.17) is 19.4 Å². The molecule has 5 nitrogen and oxygen atoms in total. The molecule has 1 aliphatic carbocycles. The minimum atomic E-state index is 0.351. The average Bonchev–Trinajstić information content (AvgIpc) is 3.83. The van der Waals surface area contributed by atoms with E-state index in [1.807, 2.05) is 36.4 Å². The maximum Gasteiger partial charge on any atom is 0.164 e. The van der Waals surface area contributed by atoms with Crippen LogP contribution in [0.1, 0.15) is 35.8 Å². The van der Waals surface area contributed by atoms with Crippen LogP contribution < -0.4 is 0 Å². The predicted molar refractivity (Wildman–Crippen MR) is 228 cm³/mol. The molecule has 0 spiro atoms. The maximum absolute atomic E-state index is 6.81. The summed E-state index contributed by atoms with van der Waals surface area (Å²) in [5, 5.41) is 4.48. The number of hydrogen-bond donors (Lipinski definition) is 0. The summed E-state index contributed by atoms with van der Waals surface area (Å²) in [6.45, 7) is 0. The van der Waals surface area contributed by atoms with E-state index in [9.17, 15) is 0 Å². The molecule has 0 saturated heterocycles. The summed E-state index contributed by atoms with van der Waals surface area (Å²) in [6, 6.07) is 59.6. The number of para-hydroxylation sites is 2. The van der Waals surface area contributed by atoms with Gasteiger partial charge in [-0.1, -0.05) is 152 Å². The summed E-state index contributed by atoms with van der Waals surface area (Å²) in [5.41, 5.74) is 10.5. The number of hydrogen-bond acceptors (Lipinski definition) is 4. The van der Waals surface area contributed by atoms with Gasteiger partial charge in [-0.25, -0.2) is 15.0 Å². The number of rotatable bonds is 6. The highest BCUT2D eigenvalue weighted by molar-refractivity contribution is 6.17. The number of allylic oxidation sites excluding steroid dienone is 2. The second-order valence-electron chi connectivity index (χ2n) is 14.7. The lowest BCUT2D eigenvalue weighted by Gasteiger charge is -2.26. The molecule has 11 rings (SSSR count). The molecule has 3 aromatic heterocycles. The van der Waals surface area contributed by atoms with Crippen molar-refractivity contribution in [1.29, 1.82) is 0 Å². The number of benzene rings is 7. The molecular formula is C51H36N4O. The average molecular weight is 721 g/mol. The van der Waals surface area contributed by atoms with E-state index >= 15 is 0 Å². The van der Waals surface area contributed by atoms with Crippen LogP contribution in [0.15, 0.2) is 186 Å². The second kappa shape index (κ2) is 13.3. The Morgan fingerprint density at radius 3 is 1.89 bits per heavy atom. The van der Waals surface area contributed by atoms with Crippen molar-refractivity contribution in [2.45, 2.75) is 24.7 Å². The van der Waals surface area contributed by atoms with Crippen molar-refractivity contribution in [3.05, 3.63) is 193 Å². The van der Waals surface area contributed by atoms with Gasteiger partial charge >= 0.3 is 0 Å². The van der Waals surface area contributed by atoms with E-state index in [-0.39, 0.29) is 0 Å². The van der Waals surface area contributed by atoms with Gasteiger partial charge in [-0.05, 0) is 60.2 Å². The first-order valence-electron chi connectivity index (χ1n) is 19.3. The summed E-state index contributed by atoms with van der Waals surface area (Å²) in [4.78, 5) is 15.3. The maximum atomic E-state index is 6.81. The zero-order valence-corrected chi connectivity index (χ0v) is 30.6. The van der Waals surface area contributed by atoms with Gasteiger partial charge < -0.3 is 8.98 Å². The van der Waals surface area contributed by atoms with Crippen LogP contribution in [-0.4, -0.2) is 19.5 Å². The molecule has 2 atom stereocenters. The van der Waals surface area contributed by atoms with E-state index in [0.29, 0.717) is 29.3 Å². The summed E-state index contributed by atoms with van der Waals surface area (Å²) < 4.78 is 9.21. The topological polar surface area (TPSA) is 56.7 Å². The van der Waals surface area contributed by atoms with Gasteiger partial charge in [0, 0.05) is 44.2 Å². The van der Waals surface area contributed by atoms with Crippen LogP contribution in [-0.2, 0) is 0 Å². The van der Waals surface area contributed by atoms with Crippen molar-refractivity contribution in [2.24, 2.45) is 0 Å². The van der Waals surface area contributed by atoms with Crippen LogP contribution in [0.5, 0.6) is 0 Å². The van der Waals surface area contributed by atoms with Gasteiger partial charge in [0.15, 0.2) is 23.1 Å². The molecule has 3 heterocycles. The largest absolute Gasteiger partial charge is 0.454 e. The fourth-order valence-electron chi connectivity index (χ4n) is 8.73. The highest BCUT2D eigenvalue weighted by atomic mass is 16.3. The van der Waals surface area contributed by atoms with Crippen molar-refractivity contribution in [3.63, 3.8) is 0 Å². The fraction of sp³-hybridized carbons (Fsp3) is 0.0784. The van der Waals surface area contributed by atoms with Crippen LogP contribution in [0.2, 0.25) is 0 Å². The van der Waals surface area contributed by atoms with Gasteiger partial charge in [0.25, 0.3) is 0 Å². The van der Waals surface area contributed by atoms with Gasteiger partial charge in [0.2, 0.25) is 0 Å². The molecule has 266 valence electrons. The predicted octanol–water partition coefficient (Wildman–Crippen LogP) is 13.1. The number of fused-ring (bicyclic) bond motifs is 6. The second-order valence-corrected chi connectivity index (χ2v) is 14.7. The van der Waals surface area contributed by atoms with Crippen LogP contribution in [0.3, 0.4) is 0 Å². The lowest BCUT2D eigenvalue weighted by molar-refractivity contribution is 0.566. The SMILES string of the molecule is C1=CC(c2ccccc2)CC(c2cc(-n3c4ccccc4c4c(-c5nc(-c6ccccc6)nc(-c6ccccc6)n5)cccc43)c3oc4ccccc4c3c2)C1. The van der Waals surface area contributed by atoms with Gasteiger partial charge in [0.1, 0.15) is 5.58 Å². The van der Waals surface area contributed by atoms with Crippen molar-refractivity contribution < 1.29 is 4.42 Å². The lowest BCUT2D eigenvalue weighted by Crippen LogP contribution is -2.09. The van der Waals surface area contributed by atoms with Gasteiger partial charge in [-0.2, -0.15) is 0 Å². The first-order chi connectivity index (χ1) is 27.8. The summed E-state index contributed by atoms with van der Waals surface area (Å²) >= 11 is 0. The van der Waals surface area contributed by atoms with Crippen molar-refractivity contribution in [1.82, 2.24) is 19.5 Å². The minimum absolute atomic E-state index is 0.351. The quantitative estimate of drug-likeness (QED) is 0.161. The van der Waals surface area contributed by atoms with Crippen LogP contribution in [0, 0.1) is 0 Å². The molecule has 0 N–H and O–H groups in total. The first-order valence-corrected chi connectivity index (χ1v) is 19.3. The molecular weight excluding hydrogens is 685 g/mol. The number of furan rings is 1. The van der Waals surface area contributed by atoms with Crippen molar-refractivity contribution >= 4 is 43.7 Å². The Morgan fingerprint density at radius 2 is 1.14 bits per heavy atom. The van der Waals surface area contributed by atoms with Gasteiger partial charge in [0.05, 0.1) is 16.7 Å². The number of nitrogens with zero attached hydrogens (tertiary/aromatic N) is 4. The van der Waals surface area contributed by atoms with E-state index in [1.165, 1.54) is 11.1 Å². The zero-order valence-electron chi connectivity index (χ0n) is 30.6. The highest BCUT2D eigenvalue weighted by Gasteiger charge is 2.26. The third kappa shape index (κ3) is 5.43. The van der Waals surface area contributed by atoms with Crippen LogP contribution in [0.4, 0.5) is 0 Å². The Hall–Kier alpha value is -7.11. The van der Waals surface area contributed by atoms with E-state index in [0.717, 1.165) is 79.0 Å². The molecule has 10 aromatic rings. The molecule has 5 heteroatoms. The Labute approximate surface area is 324 Å². The molecule has 0 fully saturated rings. The smallest absolute Gasteiger partial charge is 0.164 e. The molecule has 0 aliphatic heterocycles. The molecule has 0 bridgehead atoms. The van der Waals surface area contributed by atoms with E-state index in [1.54, 1.807) is 0 Å². The molecule has 0 radical (unpaired) electrons. The Morgan fingerprint density at radius 1 is 0.518 bits per heavy atom. The Bertz CT molecular complexity index is 3030. The first kappa shape index (κ1) is 32.3. The van der Waals surface area contributed by atoms with Gasteiger partial charge in [-0.15, -0.1) is 0 Å². The Kier molecular flexibility index (Phi) is 7.69. The molecule has 56 heavy (non-hydrogen) atoms. The normalized spacial score (nSPS) is 15.6. The standard InChI is InChI=1S/C51H36N4O/c1-4-16-33(17-5-1)36-22-14-23-37(30-36)38-31-42-39-24-11-13-29-46(39)56-48(42)45(32-38)55-43-27-12-10-25-40(43)47-41(26-15-28-44(47)55)51-53-49(34-18-6-2-7-19-34)52-50(54-51)35-20-8-3-9-21-35/h1-22,24-29,31-32,36-37H,23,30H2. The van der Waals surface area contributed by atoms with Crippen molar-refractivity contribution in [3.8, 4) is 39.9 Å². The van der Waals surface area contributed by atoms with Gasteiger partial charge in [-0.3, -0.25) is 0 Å². The third-order valence-corrected chi connectivity index (χ3v) is 11.4. The fourth-order valence-corrected chi connectivity index (χ4v) is 8.73. The minimum Gasteiger partial charge on any atom is -0.454 e. The third-order valence-electron chi connectivity index (χ3n) is 11.4. The highest BCUT2D eigenvalue weighted by Crippen LogP contribution is 2.45. The van der Waals surface area contributed by atoms with Crippen LogP contribution >= 0.6 is 0 Å². The molecule has 1 aliphatic rings.